The fraction of sp³-hybridized carbons (Fsp3) is 0.500. The number of halogens is 1. The third-order valence-electron chi connectivity index (χ3n) is 3.25. The minimum Gasteiger partial charge on any atom is -0.444 e. The standard InChI is InChI=1S/C16H21BrN2O3/c1-10(20)18-7-11-5-12-8-19(9-13(12)14(17)6-11)15(21)22-16(2,3)4/h5-6H,7-9H2,1-4H3,(H,18,20). The van der Waals surface area contributed by atoms with Gasteiger partial charge in [-0.1, -0.05) is 22.0 Å². The average Bonchev–Trinajstić information content (AvgIpc) is 2.79. The van der Waals surface area contributed by atoms with E-state index in [1.807, 2.05) is 32.9 Å². The Hall–Kier alpha value is -1.56. The number of carbonyl (C=O) groups is 2. The van der Waals surface area contributed by atoms with Crippen LogP contribution in [0.1, 0.15) is 44.4 Å². The van der Waals surface area contributed by atoms with Crippen LogP contribution in [0.5, 0.6) is 0 Å². The van der Waals surface area contributed by atoms with Gasteiger partial charge in [0.25, 0.3) is 0 Å². The number of amides is 2. The molecule has 0 bridgehead atoms. The first kappa shape index (κ1) is 16.8. The molecular weight excluding hydrogens is 348 g/mol. The zero-order valence-electron chi connectivity index (χ0n) is 13.3. The largest absolute Gasteiger partial charge is 0.444 e. The van der Waals surface area contributed by atoms with Crippen molar-refractivity contribution in [2.45, 2.75) is 52.9 Å². The highest BCUT2D eigenvalue weighted by molar-refractivity contribution is 9.10. The predicted molar refractivity (Wildman–Crippen MR) is 87.1 cm³/mol. The molecule has 0 saturated carbocycles. The van der Waals surface area contributed by atoms with E-state index in [2.05, 4.69) is 21.2 Å². The van der Waals surface area contributed by atoms with Gasteiger partial charge in [-0.3, -0.25) is 9.69 Å². The summed E-state index contributed by atoms with van der Waals surface area (Å²) in [5.74, 6) is -0.0630. The molecule has 1 heterocycles. The van der Waals surface area contributed by atoms with Crippen molar-refractivity contribution in [1.29, 1.82) is 0 Å². The fourth-order valence-electron chi connectivity index (χ4n) is 2.31. The van der Waals surface area contributed by atoms with Crippen molar-refractivity contribution in [3.8, 4) is 0 Å². The molecule has 6 heteroatoms. The van der Waals surface area contributed by atoms with Gasteiger partial charge in [0.05, 0.1) is 6.54 Å². The van der Waals surface area contributed by atoms with Crippen molar-refractivity contribution >= 4 is 27.9 Å². The Morgan fingerprint density at radius 3 is 2.59 bits per heavy atom. The second-order valence-corrected chi connectivity index (χ2v) is 7.32. The molecule has 5 nitrogen and oxygen atoms in total. The fourth-order valence-corrected chi connectivity index (χ4v) is 2.98. The molecule has 0 radical (unpaired) electrons. The van der Waals surface area contributed by atoms with Gasteiger partial charge in [-0.2, -0.15) is 0 Å². The molecule has 2 amide bonds. The van der Waals surface area contributed by atoms with Crippen LogP contribution in [0.25, 0.3) is 0 Å². The van der Waals surface area contributed by atoms with E-state index in [1.165, 1.54) is 6.92 Å². The van der Waals surface area contributed by atoms with Crippen LogP contribution in [0, 0.1) is 0 Å². The molecule has 1 aromatic carbocycles. The summed E-state index contributed by atoms with van der Waals surface area (Å²) < 4.78 is 6.37. The molecule has 1 aliphatic rings. The monoisotopic (exact) mass is 368 g/mol. The summed E-state index contributed by atoms with van der Waals surface area (Å²) in [6.07, 6.45) is -0.306. The van der Waals surface area contributed by atoms with Crippen LogP contribution in [-0.4, -0.2) is 22.5 Å². The highest BCUT2D eigenvalue weighted by Crippen LogP contribution is 2.31. The second kappa shape index (κ2) is 6.28. The van der Waals surface area contributed by atoms with E-state index in [9.17, 15) is 9.59 Å². The summed E-state index contributed by atoms with van der Waals surface area (Å²) in [6.45, 7) is 8.60. The molecule has 1 N–H and O–H groups in total. The SMILES string of the molecule is CC(=O)NCc1cc(Br)c2c(c1)CN(C(=O)OC(C)(C)C)C2. The summed E-state index contributed by atoms with van der Waals surface area (Å²) in [4.78, 5) is 24.9. The maximum atomic E-state index is 12.2. The molecule has 120 valence electrons. The Balaban J connectivity index is 2.11. The average molecular weight is 369 g/mol. The molecular formula is C16H21BrN2O3. The van der Waals surface area contributed by atoms with Gasteiger partial charge in [0.2, 0.25) is 5.91 Å². The van der Waals surface area contributed by atoms with Gasteiger partial charge < -0.3 is 10.1 Å². The molecule has 0 saturated heterocycles. The Morgan fingerprint density at radius 2 is 2.00 bits per heavy atom. The van der Waals surface area contributed by atoms with Crippen LogP contribution >= 0.6 is 15.9 Å². The van der Waals surface area contributed by atoms with Crippen LogP contribution < -0.4 is 5.32 Å². The van der Waals surface area contributed by atoms with Gasteiger partial charge >= 0.3 is 6.09 Å². The van der Waals surface area contributed by atoms with Gasteiger partial charge in [-0.05, 0) is 43.5 Å². The van der Waals surface area contributed by atoms with Crippen molar-refractivity contribution in [1.82, 2.24) is 10.2 Å². The Bertz CT molecular complexity index is 608. The molecule has 2 rings (SSSR count). The van der Waals surface area contributed by atoms with Crippen LogP contribution in [-0.2, 0) is 29.2 Å². The van der Waals surface area contributed by atoms with Crippen molar-refractivity contribution in [3.05, 3.63) is 33.3 Å². The molecule has 0 unspecified atom stereocenters. The van der Waals surface area contributed by atoms with Gasteiger partial charge in [0, 0.05) is 24.5 Å². The summed E-state index contributed by atoms with van der Waals surface area (Å²) in [5, 5.41) is 2.78. The van der Waals surface area contributed by atoms with E-state index >= 15 is 0 Å². The Labute approximate surface area is 139 Å². The number of nitrogens with one attached hydrogen (secondary N) is 1. The number of benzene rings is 1. The predicted octanol–water partition coefficient (Wildman–Crippen LogP) is 3.34. The molecule has 0 spiro atoms. The molecule has 1 aromatic rings. The maximum absolute atomic E-state index is 12.2. The van der Waals surface area contributed by atoms with Crippen LogP contribution in [0.4, 0.5) is 4.79 Å². The molecule has 0 aromatic heterocycles. The zero-order valence-corrected chi connectivity index (χ0v) is 14.9. The van der Waals surface area contributed by atoms with Gasteiger partial charge in [0.15, 0.2) is 0 Å². The molecule has 22 heavy (non-hydrogen) atoms. The second-order valence-electron chi connectivity index (χ2n) is 6.46. The number of hydrogen-bond donors (Lipinski definition) is 1. The molecule has 0 aliphatic carbocycles. The summed E-state index contributed by atoms with van der Waals surface area (Å²) in [6, 6.07) is 4.01. The molecule has 1 aliphatic heterocycles. The van der Waals surface area contributed by atoms with Crippen LogP contribution in [0.15, 0.2) is 16.6 Å². The lowest BCUT2D eigenvalue weighted by molar-refractivity contribution is -0.119. The van der Waals surface area contributed by atoms with E-state index in [4.69, 9.17) is 4.74 Å². The molecule has 0 fully saturated rings. The third-order valence-corrected chi connectivity index (χ3v) is 3.96. The van der Waals surface area contributed by atoms with E-state index in [1.54, 1.807) is 4.90 Å². The lowest BCUT2D eigenvalue weighted by Gasteiger charge is -2.24. The van der Waals surface area contributed by atoms with Gasteiger partial charge in [0.1, 0.15) is 5.60 Å². The number of rotatable bonds is 2. The number of ether oxygens (including phenoxy) is 1. The van der Waals surface area contributed by atoms with Crippen molar-refractivity contribution in [3.63, 3.8) is 0 Å². The van der Waals surface area contributed by atoms with Crippen molar-refractivity contribution in [2.24, 2.45) is 0 Å². The lowest BCUT2D eigenvalue weighted by atomic mass is 10.1. The Morgan fingerprint density at radius 1 is 1.32 bits per heavy atom. The quantitative estimate of drug-likeness (QED) is 0.870. The van der Waals surface area contributed by atoms with Crippen LogP contribution in [0.2, 0.25) is 0 Å². The van der Waals surface area contributed by atoms with Crippen LogP contribution in [0.3, 0.4) is 0 Å². The number of hydrogen-bond acceptors (Lipinski definition) is 3. The summed E-state index contributed by atoms with van der Waals surface area (Å²) in [7, 11) is 0. The highest BCUT2D eigenvalue weighted by atomic mass is 79.9. The smallest absolute Gasteiger partial charge is 0.410 e. The van der Waals surface area contributed by atoms with E-state index in [0.29, 0.717) is 19.6 Å². The summed E-state index contributed by atoms with van der Waals surface area (Å²) in [5.41, 5.74) is 2.68. The normalized spacial score (nSPS) is 13.8. The van der Waals surface area contributed by atoms with Crippen molar-refractivity contribution in [2.75, 3.05) is 0 Å². The van der Waals surface area contributed by atoms with Crippen molar-refractivity contribution < 1.29 is 14.3 Å². The topological polar surface area (TPSA) is 58.6 Å². The minimum atomic E-state index is -0.500. The zero-order chi connectivity index (χ0) is 16.5. The van der Waals surface area contributed by atoms with E-state index < -0.39 is 5.60 Å². The Kier molecular flexibility index (Phi) is 4.80. The van der Waals surface area contributed by atoms with Gasteiger partial charge in [-0.15, -0.1) is 0 Å². The number of nitrogens with zero attached hydrogens (tertiary/aromatic N) is 1. The first-order chi connectivity index (χ1) is 10.2. The number of carbonyl (C=O) groups excluding carboxylic acids is 2. The summed E-state index contributed by atoms with van der Waals surface area (Å²) >= 11 is 3.55. The lowest BCUT2D eigenvalue weighted by Crippen LogP contribution is -2.33. The minimum absolute atomic E-state index is 0.0630. The van der Waals surface area contributed by atoms with Gasteiger partial charge in [-0.25, -0.2) is 4.79 Å². The van der Waals surface area contributed by atoms with E-state index in [-0.39, 0.29) is 12.0 Å². The number of fused-ring (bicyclic) bond motifs is 1. The first-order valence-electron chi connectivity index (χ1n) is 7.18. The molecule has 0 atom stereocenters. The van der Waals surface area contributed by atoms with E-state index in [0.717, 1.165) is 21.2 Å². The highest BCUT2D eigenvalue weighted by Gasteiger charge is 2.29. The first-order valence-corrected chi connectivity index (χ1v) is 7.97. The third kappa shape index (κ3) is 4.22. The maximum Gasteiger partial charge on any atom is 0.410 e.